The standard InChI is InChI=1S/C17H17FN2O3/c1-2-8-23-10-6-7-14(18)13(9-10)15-11(16(19)21)4-3-5-12(15)17(20)22/h3-7,9H,2,8H2,1H3,(H2,19,21)(H2,20,22). The Balaban J connectivity index is 2.69. The van der Waals surface area contributed by atoms with Crippen molar-refractivity contribution in [3.05, 3.63) is 53.3 Å². The van der Waals surface area contributed by atoms with Gasteiger partial charge in [-0.3, -0.25) is 9.59 Å². The summed E-state index contributed by atoms with van der Waals surface area (Å²) in [5.74, 6) is -1.73. The Labute approximate surface area is 133 Å². The largest absolute Gasteiger partial charge is 0.494 e. The van der Waals surface area contributed by atoms with E-state index in [1.807, 2.05) is 6.92 Å². The van der Waals surface area contributed by atoms with Crippen molar-refractivity contribution in [3.63, 3.8) is 0 Å². The molecule has 23 heavy (non-hydrogen) atoms. The number of benzene rings is 2. The Kier molecular flexibility index (Phi) is 4.95. The fraction of sp³-hybridized carbons (Fsp3) is 0.176. The third kappa shape index (κ3) is 3.48. The topological polar surface area (TPSA) is 95.4 Å². The summed E-state index contributed by atoms with van der Waals surface area (Å²) in [6.45, 7) is 2.41. The minimum Gasteiger partial charge on any atom is -0.494 e. The lowest BCUT2D eigenvalue weighted by Crippen LogP contribution is -2.18. The van der Waals surface area contributed by atoms with E-state index in [1.165, 1.54) is 36.4 Å². The summed E-state index contributed by atoms with van der Waals surface area (Å²) < 4.78 is 19.8. The predicted molar refractivity (Wildman–Crippen MR) is 84.7 cm³/mol. The first kappa shape index (κ1) is 16.5. The van der Waals surface area contributed by atoms with Gasteiger partial charge in [0, 0.05) is 22.3 Å². The van der Waals surface area contributed by atoms with Crippen molar-refractivity contribution in [1.82, 2.24) is 0 Å². The van der Waals surface area contributed by atoms with Crippen LogP contribution in [0.1, 0.15) is 34.1 Å². The number of rotatable bonds is 6. The highest BCUT2D eigenvalue weighted by molar-refractivity contribution is 6.08. The second-order valence-corrected chi connectivity index (χ2v) is 4.95. The van der Waals surface area contributed by atoms with Crippen LogP contribution in [0.15, 0.2) is 36.4 Å². The fourth-order valence-corrected chi connectivity index (χ4v) is 2.26. The van der Waals surface area contributed by atoms with E-state index in [0.717, 1.165) is 6.42 Å². The summed E-state index contributed by atoms with van der Waals surface area (Å²) in [4.78, 5) is 23.3. The molecule has 0 saturated carbocycles. The minimum atomic E-state index is -0.776. The first-order valence-electron chi connectivity index (χ1n) is 7.11. The zero-order chi connectivity index (χ0) is 17.0. The Morgan fingerprint density at radius 1 is 1.09 bits per heavy atom. The minimum absolute atomic E-state index is 0.0211. The summed E-state index contributed by atoms with van der Waals surface area (Å²) in [5.41, 5.74) is 10.9. The van der Waals surface area contributed by atoms with Crippen molar-refractivity contribution in [2.45, 2.75) is 13.3 Å². The smallest absolute Gasteiger partial charge is 0.249 e. The fourth-order valence-electron chi connectivity index (χ4n) is 2.26. The molecule has 0 aliphatic carbocycles. The summed E-state index contributed by atoms with van der Waals surface area (Å²) in [7, 11) is 0. The highest BCUT2D eigenvalue weighted by atomic mass is 19.1. The molecule has 2 aromatic rings. The molecule has 0 atom stereocenters. The van der Waals surface area contributed by atoms with Gasteiger partial charge in [0.25, 0.3) is 0 Å². The number of carbonyl (C=O) groups excluding carboxylic acids is 2. The quantitative estimate of drug-likeness (QED) is 0.857. The molecule has 6 heteroatoms. The third-order valence-electron chi connectivity index (χ3n) is 3.28. The molecular weight excluding hydrogens is 299 g/mol. The van der Waals surface area contributed by atoms with E-state index >= 15 is 0 Å². The second-order valence-electron chi connectivity index (χ2n) is 4.95. The summed E-state index contributed by atoms with van der Waals surface area (Å²) in [6, 6.07) is 8.43. The molecule has 0 bridgehead atoms. The van der Waals surface area contributed by atoms with Gasteiger partial charge in [-0.2, -0.15) is 0 Å². The van der Waals surface area contributed by atoms with Gasteiger partial charge in [0.1, 0.15) is 11.6 Å². The van der Waals surface area contributed by atoms with E-state index in [-0.39, 0.29) is 22.3 Å². The van der Waals surface area contributed by atoms with Crippen molar-refractivity contribution in [3.8, 4) is 16.9 Å². The highest BCUT2D eigenvalue weighted by Crippen LogP contribution is 2.32. The number of primary amides is 2. The maximum Gasteiger partial charge on any atom is 0.249 e. The SMILES string of the molecule is CCCOc1ccc(F)c(-c2c(C(N)=O)cccc2C(N)=O)c1. The molecule has 0 spiro atoms. The highest BCUT2D eigenvalue weighted by Gasteiger charge is 2.20. The lowest BCUT2D eigenvalue weighted by atomic mass is 9.93. The van der Waals surface area contributed by atoms with Crippen molar-refractivity contribution in [1.29, 1.82) is 0 Å². The molecule has 0 aliphatic rings. The Hall–Kier alpha value is -2.89. The first-order valence-corrected chi connectivity index (χ1v) is 7.11. The van der Waals surface area contributed by atoms with Crippen LogP contribution in [-0.4, -0.2) is 18.4 Å². The molecule has 0 fully saturated rings. The van der Waals surface area contributed by atoms with E-state index in [1.54, 1.807) is 0 Å². The zero-order valence-corrected chi connectivity index (χ0v) is 12.6. The molecule has 0 aliphatic heterocycles. The average molecular weight is 316 g/mol. The van der Waals surface area contributed by atoms with Crippen molar-refractivity contribution >= 4 is 11.8 Å². The van der Waals surface area contributed by atoms with Gasteiger partial charge in [0.05, 0.1) is 6.61 Å². The van der Waals surface area contributed by atoms with Crippen LogP contribution in [-0.2, 0) is 0 Å². The Bertz CT molecular complexity index is 727. The molecule has 4 N–H and O–H groups in total. The van der Waals surface area contributed by atoms with Gasteiger partial charge in [0.15, 0.2) is 0 Å². The Morgan fingerprint density at radius 3 is 2.22 bits per heavy atom. The number of ether oxygens (including phenoxy) is 1. The van der Waals surface area contributed by atoms with E-state index in [9.17, 15) is 14.0 Å². The van der Waals surface area contributed by atoms with Crippen LogP contribution in [0.2, 0.25) is 0 Å². The van der Waals surface area contributed by atoms with Crippen LogP contribution in [0, 0.1) is 5.82 Å². The molecule has 2 amide bonds. The molecule has 0 saturated heterocycles. The summed E-state index contributed by atoms with van der Waals surface area (Å²) in [6.07, 6.45) is 0.789. The van der Waals surface area contributed by atoms with Gasteiger partial charge in [-0.15, -0.1) is 0 Å². The van der Waals surface area contributed by atoms with Crippen LogP contribution in [0.4, 0.5) is 4.39 Å². The number of nitrogens with two attached hydrogens (primary N) is 2. The third-order valence-corrected chi connectivity index (χ3v) is 3.28. The zero-order valence-electron chi connectivity index (χ0n) is 12.6. The van der Waals surface area contributed by atoms with E-state index in [0.29, 0.717) is 12.4 Å². The van der Waals surface area contributed by atoms with Gasteiger partial charge < -0.3 is 16.2 Å². The Morgan fingerprint density at radius 2 is 1.70 bits per heavy atom. The number of halogens is 1. The molecule has 0 unspecified atom stereocenters. The molecule has 0 aromatic heterocycles. The van der Waals surface area contributed by atoms with Crippen LogP contribution in [0.5, 0.6) is 5.75 Å². The number of hydrogen-bond donors (Lipinski definition) is 2. The maximum absolute atomic E-state index is 14.3. The van der Waals surface area contributed by atoms with Crippen LogP contribution in [0.3, 0.4) is 0 Å². The van der Waals surface area contributed by atoms with E-state index in [2.05, 4.69) is 0 Å². The van der Waals surface area contributed by atoms with Crippen molar-refractivity contribution < 1.29 is 18.7 Å². The predicted octanol–water partition coefficient (Wildman–Crippen LogP) is 2.48. The van der Waals surface area contributed by atoms with Gasteiger partial charge >= 0.3 is 0 Å². The van der Waals surface area contributed by atoms with Crippen LogP contribution in [0.25, 0.3) is 11.1 Å². The average Bonchev–Trinajstić information content (AvgIpc) is 2.53. The molecule has 0 radical (unpaired) electrons. The van der Waals surface area contributed by atoms with Gasteiger partial charge in [0.2, 0.25) is 11.8 Å². The summed E-state index contributed by atoms with van der Waals surface area (Å²) >= 11 is 0. The second kappa shape index (κ2) is 6.91. The number of hydrogen-bond acceptors (Lipinski definition) is 3. The van der Waals surface area contributed by atoms with E-state index in [4.69, 9.17) is 16.2 Å². The van der Waals surface area contributed by atoms with E-state index < -0.39 is 17.6 Å². The molecule has 2 rings (SSSR count). The van der Waals surface area contributed by atoms with Gasteiger partial charge in [-0.1, -0.05) is 13.0 Å². The van der Waals surface area contributed by atoms with Crippen LogP contribution < -0.4 is 16.2 Å². The van der Waals surface area contributed by atoms with Gasteiger partial charge in [-0.25, -0.2) is 4.39 Å². The number of amides is 2. The first-order chi connectivity index (χ1) is 11.0. The number of carbonyl (C=O) groups is 2. The molecule has 2 aromatic carbocycles. The molecular formula is C17H17FN2O3. The molecule has 0 heterocycles. The lowest BCUT2D eigenvalue weighted by molar-refractivity contribution is 0.0999. The van der Waals surface area contributed by atoms with Crippen LogP contribution >= 0.6 is 0 Å². The summed E-state index contributed by atoms with van der Waals surface area (Å²) in [5, 5.41) is 0. The monoisotopic (exact) mass is 316 g/mol. The lowest BCUT2D eigenvalue weighted by Gasteiger charge is -2.14. The van der Waals surface area contributed by atoms with Crippen molar-refractivity contribution in [2.75, 3.05) is 6.61 Å². The van der Waals surface area contributed by atoms with Crippen molar-refractivity contribution in [2.24, 2.45) is 11.5 Å². The molecule has 5 nitrogen and oxygen atoms in total. The molecule has 120 valence electrons. The normalized spacial score (nSPS) is 10.3. The van der Waals surface area contributed by atoms with Gasteiger partial charge in [-0.05, 0) is 36.8 Å². The maximum atomic E-state index is 14.3.